The predicted molar refractivity (Wildman–Crippen MR) is 60.4 cm³/mol. The maximum absolute atomic E-state index is 4.68. The van der Waals surface area contributed by atoms with E-state index in [9.17, 15) is 0 Å². The lowest BCUT2D eigenvalue weighted by Crippen LogP contribution is -2.18. The average Bonchev–Trinajstić information content (AvgIpc) is 2.02. The highest BCUT2D eigenvalue weighted by molar-refractivity contribution is 7.81. The van der Waals surface area contributed by atoms with Crippen LogP contribution in [0.4, 0.5) is 0 Å². The Morgan fingerprint density at radius 2 is 2.15 bits per heavy atom. The molecule has 1 atom stereocenters. The molecule has 0 spiro atoms. The summed E-state index contributed by atoms with van der Waals surface area (Å²) in [6, 6.07) is 6.48. The fourth-order valence-corrected chi connectivity index (χ4v) is 2.55. The Labute approximate surface area is 85.1 Å². The molecule has 1 aromatic carbocycles. The number of fused-ring (bicyclic) bond motifs is 1. The molecule has 13 heavy (non-hydrogen) atoms. The number of allylic oxidation sites excluding steroid dienone is 1. The minimum Gasteiger partial charge on any atom is -0.164 e. The lowest BCUT2D eigenvalue weighted by molar-refractivity contribution is 0.832. The van der Waals surface area contributed by atoms with E-state index in [1.165, 1.54) is 16.7 Å². The molecule has 0 radical (unpaired) electrons. The van der Waals surface area contributed by atoms with Crippen LogP contribution in [0.15, 0.2) is 30.4 Å². The van der Waals surface area contributed by atoms with Crippen molar-refractivity contribution in [3.8, 4) is 0 Å². The van der Waals surface area contributed by atoms with Gasteiger partial charge in [0.25, 0.3) is 0 Å². The molecule has 1 aliphatic carbocycles. The van der Waals surface area contributed by atoms with Crippen molar-refractivity contribution in [2.45, 2.75) is 25.0 Å². The smallest absolute Gasteiger partial charge is 0.0535 e. The van der Waals surface area contributed by atoms with Crippen molar-refractivity contribution in [1.29, 1.82) is 0 Å². The number of benzene rings is 1. The normalized spacial score (nSPS) is 25.8. The summed E-state index contributed by atoms with van der Waals surface area (Å²) >= 11 is 4.68. The number of aryl methyl sites for hydroxylation is 1. The number of thiol groups is 1. The van der Waals surface area contributed by atoms with E-state index in [0.717, 1.165) is 6.42 Å². The van der Waals surface area contributed by atoms with Crippen LogP contribution in [0.25, 0.3) is 0 Å². The second-order valence-electron chi connectivity index (χ2n) is 3.86. The van der Waals surface area contributed by atoms with Gasteiger partial charge in [-0.05, 0) is 37.0 Å². The molecule has 1 heteroatoms. The van der Waals surface area contributed by atoms with Crippen LogP contribution in [0.1, 0.15) is 23.6 Å². The van der Waals surface area contributed by atoms with Crippen molar-refractivity contribution >= 4 is 12.6 Å². The maximum atomic E-state index is 4.68. The topological polar surface area (TPSA) is 0 Å². The molecule has 0 amide bonds. The highest BCUT2D eigenvalue weighted by atomic mass is 32.1. The van der Waals surface area contributed by atoms with Gasteiger partial charge in [0.2, 0.25) is 0 Å². The molecule has 1 aliphatic rings. The van der Waals surface area contributed by atoms with Crippen LogP contribution in [-0.4, -0.2) is 0 Å². The second-order valence-corrected chi connectivity index (χ2v) is 4.79. The zero-order valence-corrected chi connectivity index (χ0v) is 8.94. The summed E-state index contributed by atoms with van der Waals surface area (Å²) in [4.78, 5) is 0. The Bertz CT molecular complexity index is 361. The van der Waals surface area contributed by atoms with E-state index in [0.29, 0.717) is 0 Å². The van der Waals surface area contributed by atoms with Crippen LogP contribution in [0, 0.1) is 6.92 Å². The summed E-state index contributed by atoms with van der Waals surface area (Å²) in [5.74, 6) is 0. The lowest BCUT2D eigenvalue weighted by Gasteiger charge is -2.28. The van der Waals surface area contributed by atoms with Gasteiger partial charge in [-0.15, -0.1) is 0 Å². The van der Waals surface area contributed by atoms with Crippen LogP contribution < -0.4 is 0 Å². The van der Waals surface area contributed by atoms with Crippen molar-refractivity contribution in [3.63, 3.8) is 0 Å². The van der Waals surface area contributed by atoms with Crippen molar-refractivity contribution in [2.75, 3.05) is 0 Å². The molecule has 0 unspecified atom stereocenters. The quantitative estimate of drug-likeness (QED) is 0.471. The van der Waals surface area contributed by atoms with Crippen LogP contribution in [0.5, 0.6) is 0 Å². The summed E-state index contributed by atoms with van der Waals surface area (Å²) in [7, 11) is 0. The Morgan fingerprint density at radius 3 is 2.85 bits per heavy atom. The molecular weight excluding hydrogens is 176 g/mol. The SMILES string of the molecule is Cc1cccc2c1[C@](C)(S)C=CC2. The van der Waals surface area contributed by atoms with Gasteiger partial charge in [-0.25, -0.2) is 0 Å². The van der Waals surface area contributed by atoms with E-state index in [1.807, 2.05) is 0 Å². The molecule has 0 heterocycles. The van der Waals surface area contributed by atoms with Crippen LogP contribution in [-0.2, 0) is 11.2 Å². The molecule has 0 aromatic heterocycles. The van der Waals surface area contributed by atoms with Gasteiger partial charge >= 0.3 is 0 Å². The van der Waals surface area contributed by atoms with Gasteiger partial charge in [-0.2, -0.15) is 12.6 Å². The lowest BCUT2D eigenvalue weighted by atomic mass is 9.85. The highest BCUT2D eigenvalue weighted by Gasteiger charge is 2.25. The number of hydrogen-bond donors (Lipinski definition) is 1. The van der Waals surface area contributed by atoms with Gasteiger partial charge in [-0.1, -0.05) is 30.4 Å². The fraction of sp³-hybridized carbons (Fsp3) is 0.333. The highest BCUT2D eigenvalue weighted by Crippen LogP contribution is 2.37. The summed E-state index contributed by atoms with van der Waals surface area (Å²) in [5, 5.41) is 0. The zero-order chi connectivity index (χ0) is 9.47. The molecule has 68 valence electrons. The molecule has 1 aromatic rings. The van der Waals surface area contributed by atoms with Gasteiger partial charge in [0.15, 0.2) is 0 Å². The predicted octanol–water partition coefficient (Wildman–Crippen LogP) is 3.25. The maximum Gasteiger partial charge on any atom is 0.0535 e. The summed E-state index contributed by atoms with van der Waals surface area (Å²) < 4.78 is -0.0844. The molecule has 0 nitrogen and oxygen atoms in total. The fourth-order valence-electron chi connectivity index (χ4n) is 2.12. The molecular formula is C12H14S. The monoisotopic (exact) mass is 190 g/mol. The van der Waals surface area contributed by atoms with Crippen LogP contribution in [0.2, 0.25) is 0 Å². The molecule has 0 saturated carbocycles. The third kappa shape index (κ3) is 1.42. The van der Waals surface area contributed by atoms with Gasteiger partial charge in [0.05, 0.1) is 4.75 Å². The number of rotatable bonds is 0. The van der Waals surface area contributed by atoms with E-state index in [4.69, 9.17) is 0 Å². The molecule has 2 rings (SSSR count). The molecule has 0 fully saturated rings. The van der Waals surface area contributed by atoms with E-state index < -0.39 is 0 Å². The molecule has 0 aliphatic heterocycles. The Kier molecular flexibility index (Phi) is 1.99. The van der Waals surface area contributed by atoms with Gasteiger partial charge in [-0.3, -0.25) is 0 Å². The first kappa shape index (κ1) is 8.89. The largest absolute Gasteiger partial charge is 0.164 e. The number of hydrogen-bond acceptors (Lipinski definition) is 1. The summed E-state index contributed by atoms with van der Waals surface area (Å²) in [6.45, 7) is 4.31. The third-order valence-electron chi connectivity index (χ3n) is 2.65. The minimum atomic E-state index is -0.0844. The minimum absolute atomic E-state index is 0.0844. The van der Waals surface area contributed by atoms with Crippen molar-refractivity contribution in [3.05, 3.63) is 47.0 Å². The first-order valence-electron chi connectivity index (χ1n) is 4.60. The van der Waals surface area contributed by atoms with Gasteiger partial charge < -0.3 is 0 Å². The van der Waals surface area contributed by atoms with E-state index in [1.54, 1.807) is 0 Å². The standard InChI is InChI=1S/C12H14S/c1-9-5-3-6-10-7-4-8-12(2,13)11(9)10/h3-6,8,13H,7H2,1-2H3/t12-/m1/s1. The van der Waals surface area contributed by atoms with Crippen LogP contribution in [0.3, 0.4) is 0 Å². The second kappa shape index (κ2) is 2.91. The third-order valence-corrected chi connectivity index (χ3v) is 3.02. The van der Waals surface area contributed by atoms with Crippen molar-refractivity contribution < 1.29 is 0 Å². The van der Waals surface area contributed by atoms with Crippen molar-refractivity contribution in [1.82, 2.24) is 0 Å². The Balaban J connectivity index is 2.66. The van der Waals surface area contributed by atoms with Crippen molar-refractivity contribution in [2.24, 2.45) is 0 Å². The van der Waals surface area contributed by atoms with Crippen LogP contribution >= 0.6 is 12.6 Å². The summed E-state index contributed by atoms with van der Waals surface area (Å²) in [6.07, 6.45) is 5.44. The molecule has 0 bridgehead atoms. The van der Waals surface area contributed by atoms with E-state index >= 15 is 0 Å². The van der Waals surface area contributed by atoms with E-state index in [-0.39, 0.29) is 4.75 Å². The Hall–Kier alpha value is -0.690. The molecule has 0 saturated heterocycles. The summed E-state index contributed by atoms with van der Waals surface area (Å²) in [5.41, 5.74) is 4.15. The molecule has 0 N–H and O–H groups in total. The van der Waals surface area contributed by atoms with Gasteiger partial charge in [0, 0.05) is 0 Å². The average molecular weight is 190 g/mol. The van der Waals surface area contributed by atoms with Gasteiger partial charge in [0.1, 0.15) is 0 Å². The first-order chi connectivity index (χ1) is 6.11. The Morgan fingerprint density at radius 1 is 1.38 bits per heavy atom. The first-order valence-corrected chi connectivity index (χ1v) is 5.05. The zero-order valence-electron chi connectivity index (χ0n) is 8.04. The van der Waals surface area contributed by atoms with E-state index in [2.05, 4.69) is 56.8 Å².